The monoisotopic (exact) mass is 259 g/mol. The van der Waals surface area contributed by atoms with Crippen LogP contribution in [0.2, 0.25) is 0 Å². The van der Waals surface area contributed by atoms with Crippen LogP contribution < -0.4 is 0 Å². The van der Waals surface area contributed by atoms with Crippen molar-refractivity contribution >= 4 is 4.73 Å². The Morgan fingerprint density at radius 1 is 1.08 bits per heavy atom. The summed E-state index contributed by atoms with van der Waals surface area (Å²) in [7, 11) is 0. The topological polar surface area (TPSA) is 54.4 Å². The van der Waals surface area contributed by atoms with E-state index in [9.17, 15) is 0 Å². The first-order valence-corrected chi connectivity index (χ1v) is 3.76. The SMILES string of the molecule is C.CC(C)(C)O.O=O.[CH2]=[Nb].[CH3-].[CH3-]. The van der Waals surface area contributed by atoms with E-state index in [1.165, 1.54) is 20.6 Å². The van der Waals surface area contributed by atoms with Crippen LogP contribution in [-0.2, 0) is 20.6 Å². The van der Waals surface area contributed by atoms with Gasteiger partial charge in [-0.1, -0.05) is 7.43 Å². The predicted molar refractivity (Wildman–Crippen MR) is 55.4 cm³/mol. The zero-order valence-electron chi connectivity index (χ0n) is 7.92. The van der Waals surface area contributed by atoms with Gasteiger partial charge in [0.15, 0.2) is 0 Å². The Morgan fingerprint density at radius 2 is 1.08 bits per heavy atom. The van der Waals surface area contributed by atoms with E-state index < -0.39 is 5.60 Å². The summed E-state index contributed by atoms with van der Waals surface area (Å²) < 4.78 is 3.30. The molecule has 0 unspecified atom stereocenters. The molecule has 0 saturated heterocycles. The van der Waals surface area contributed by atoms with Gasteiger partial charge >= 0.3 is 25.3 Å². The first-order valence-electron chi connectivity index (χ1n) is 2.21. The molecule has 0 bridgehead atoms. The van der Waals surface area contributed by atoms with Crippen molar-refractivity contribution in [3.05, 3.63) is 24.8 Å². The van der Waals surface area contributed by atoms with Gasteiger partial charge in [0, 0.05) is 9.93 Å². The summed E-state index contributed by atoms with van der Waals surface area (Å²) in [6.45, 7) is 5.23. The normalized spacial score (nSPS) is 5.58. The van der Waals surface area contributed by atoms with Crippen LogP contribution in [0.1, 0.15) is 28.2 Å². The van der Waals surface area contributed by atoms with E-state index in [-0.39, 0.29) is 22.3 Å². The number of hydrogen-bond donors (Lipinski definition) is 1. The fourth-order valence-corrected chi connectivity index (χ4v) is 0. The van der Waals surface area contributed by atoms with E-state index in [1.807, 2.05) is 0 Å². The molecular weight excluding hydrogens is 237 g/mol. The van der Waals surface area contributed by atoms with Crippen molar-refractivity contribution in [2.24, 2.45) is 0 Å². The van der Waals surface area contributed by atoms with E-state index in [0.29, 0.717) is 0 Å². The summed E-state index contributed by atoms with van der Waals surface area (Å²) >= 11 is 1.50. The molecule has 1 N–H and O–H groups in total. The van der Waals surface area contributed by atoms with Crippen LogP contribution in [0.4, 0.5) is 0 Å². The quantitative estimate of drug-likeness (QED) is 0.536. The van der Waals surface area contributed by atoms with Crippen molar-refractivity contribution in [2.75, 3.05) is 0 Å². The molecule has 0 aliphatic heterocycles. The molecule has 12 heavy (non-hydrogen) atoms. The van der Waals surface area contributed by atoms with Crippen LogP contribution in [0.25, 0.3) is 0 Å². The molecule has 0 amide bonds. The maximum atomic E-state index is 8.52. The molecule has 0 spiro atoms. The third kappa shape index (κ3) is 29500. The van der Waals surface area contributed by atoms with Gasteiger partial charge in [0.25, 0.3) is 0 Å². The average molecular weight is 259 g/mol. The largest absolute Gasteiger partial charge is 0.358 e. The van der Waals surface area contributed by atoms with Gasteiger partial charge in [-0.05, 0) is 20.8 Å². The van der Waals surface area contributed by atoms with Crippen molar-refractivity contribution in [2.45, 2.75) is 33.8 Å². The molecule has 0 saturated carbocycles. The second kappa shape index (κ2) is 30.3. The number of hydrogen-bond acceptors (Lipinski definition) is 3. The van der Waals surface area contributed by atoms with E-state index in [1.54, 1.807) is 20.8 Å². The van der Waals surface area contributed by atoms with Crippen LogP contribution in [0.3, 0.4) is 0 Å². The minimum absolute atomic E-state index is 0. The molecule has 0 aromatic heterocycles. The molecule has 0 aliphatic carbocycles. The molecule has 79 valence electrons. The summed E-state index contributed by atoms with van der Waals surface area (Å²) in [5, 5.41) is 8.52. The molecule has 0 aromatic carbocycles. The third-order valence-electron chi connectivity index (χ3n) is 0. The Hall–Kier alpha value is 0.170. The summed E-state index contributed by atoms with van der Waals surface area (Å²) in [6, 6.07) is 0. The van der Waals surface area contributed by atoms with Crippen molar-refractivity contribution in [3.63, 3.8) is 0 Å². The van der Waals surface area contributed by atoms with Crippen LogP contribution in [0.5, 0.6) is 0 Å². The minimum Gasteiger partial charge on any atom is -0.358 e. The van der Waals surface area contributed by atoms with Crippen LogP contribution >= 0.6 is 0 Å². The molecular formula is C8H22NbO3-2. The molecule has 0 radical (unpaired) electrons. The summed E-state index contributed by atoms with van der Waals surface area (Å²) in [6.07, 6.45) is 0. The second-order valence-electron chi connectivity index (χ2n) is 2.17. The van der Waals surface area contributed by atoms with Crippen molar-refractivity contribution in [3.8, 4) is 0 Å². The maximum Gasteiger partial charge on any atom is -0.358 e. The van der Waals surface area contributed by atoms with Gasteiger partial charge in [-0.3, -0.25) is 0 Å². The Morgan fingerprint density at radius 3 is 1.08 bits per heavy atom. The zero-order valence-corrected chi connectivity index (χ0v) is 10.1. The molecule has 0 fully saturated rings. The fourth-order valence-electron chi connectivity index (χ4n) is 0. The molecule has 0 aliphatic rings. The molecule has 0 aromatic rings. The molecule has 0 rings (SSSR count). The predicted octanol–water partition coefficient (Wildman–Crippen LogP) is 2.35. The first kappa shape index (κ1) is 39.9. The van der Waals surface area contributed by atoms with Crippen LogP contribution in [-0.4, -0.2) is 15.4 Å². The van der Waals surface area contributed by atoms with Gasteiger partial charge < -0.3 is 20.0 Å². The summed E-state index contributed by atoms with van der Waals surface area (Å²) in [4.78, 5) is 14.0. The minimum atomic E-state index is -0.500. The summed E-state index contributed by atoms with van der Waals surface area (Å²) in [5.74, 6) is 0. The molecule has 3 nitrogen and oxygen atoms in total. The van der Waals surface area contributed by atoms with Crippen molar-refractivity contribution < 1.29 is 25.7 Å². The van der Waals surface area contributed by atoms with E-state index in [4.69, 9.17) is 15.0 Å². The van der Waals surface area contributed by atoms with E-state index in [0.717, 1.165) is 0 Å². The molecule has 0 atom stereocenters. The Labute approximate surface area is 89.2 Å². The third-order valence-corrected chi connectivity index (χ3v) is 0. The number of aliphatic hydroxyl groups is 1. The second-order valence-corrected chi connectivity index (χ2v) is 2.17. The Kier molecular flexibility index (Phi) is 101. The van der Waals surface area contributed by atoms with Gasteiger partial charge in [-0.2, -0.15) is 0 Å². The van der Waals surface area contributed by atoms with Crippen molar-refractivity contribution in [1.29, 1.82) is 0 Å². The zero-order chi connectivity index (χ0) is 8.50. The van der Waals surface area contributed by atoms with Gasteiger partial charge in [0.05, 0.1) is 5.60 Å². The first-order chi connectivity index (χ1) is 4.00. The fraction of sp³-hybridized carbons (Fsp3) is 0.625. The van der Waals surface area contributed by atoms with E-state index in [2.05, 4.69) is 4.73 Å². The van der Waals surface area contributed by atoms with Gasteiger partial charge in [0.2, 0.25) is 0 Å². The van der Waals surface area contributed by atoms with Gasteiger partial charge in [0.1, 0.15) is 0 Å². The van der Waals surface area contributed by atoms with Crippen LogP contribution in [0, 0.1) is 24.8 Å². The number of rotatable bonds is 0. The van der Waals surface area contributed by atoms with Crippen LogP contribution in [0.15, 0.2) is 0 Å². The smallest absolute Gasteiger partial charge is 0.358 e. The van der Waals surface area contributed by atoms with Crippen molar-refractivity contribution in [1.82, 2.24) is 0 Å². The molecule has 0 heterocycles. The summed E-state index contributed by atoms with van der Waals surface area (Å²) in [5.41, 5.74) is -0.500. The van der Waals surface area contributed by atoms with Gasteiger partial charge in [-0.15, -0.1) is 0 Å². The standard InChI is InChI=1S/C4H10O.CH4.2CH3.CH2.Nb.O2/c1-4(2,3)5;;;;;;1-2/h5H,1-3H3;1H4;2*1H3;1H2;;/q;;2*-1;;;. The Balaban J connectivity index is -0.0000000116. The van der Waals surface area contributed by atoms with E-state index >= 15 is 0 Å². The maximum absolute atomic E-state index is 8.52. The van der Waals surface area contributed by atoms with Gasteiger partial charge in [-0.25, -0.2) is 0 Å². The average Bonchev–Trinajstić information content (AvgIpc) is 1.72. The Bertz CT molecular complexity index is 44.8. The molecule has 4 heteroatoms.